The smallest absolute Gasteiger partial charge is 0.410 e. The van der Waals surface area contributed by atoms with Gasteiger partial charge in [-0.25, -0.2) is 14.5 Å². The summed E-state index contributed by atoms with van der Waals surface area (Å²) in [6.45, 7) is 5.91. The average molecular weight is 413 g/mol. The van der Waals surface area contributed by atoms with Crippen LogP contribution < -0.4 is 16.4 Å². The maximum atomic E-state index is 12.4. The molecule has 0 heterocycles. The second kappa shape index (κ2) is 11.6. The van der Waals surface area contributed by atoms with E-state index in [-0.39, 0.29) is 12.1 Å². The number of carbonyl (C=O) groups excluding carboxylic acids is 2. The van der Waals surface area contributed by atoms with Crippen molar-refractivity contribution in [3.63, 3.8) is 0 Å². The van der Waals surface area contributed by atoms with Crippen LogP contribution in [0.25, 0.3) is 0 Å². The minimum Gasteiger partial charge on any atom is -0.430 e. The predicted octanol–water partition coefficient (Wildman–Crippen LogP) is 3.79. The van der Waals surface area contributed by atoms with Crippen molar-refractivity contribution in [2.75, 3.05) is 6.54 Å². The van der Waals surface area contributed by atoms with E-state index in [0.717, 1.165) is 57.8 Å². The molecule has 8 heteroatoms. The van der Waals surface area contributed by atoms with E-state index in [1.807, 2.05) is 6.92 Å². The monoisotopic (exact) mass is 412 g/mol. The fourth-order valence-electron chi connectivity index (χ4n) is 4.36. The highest BCUT2D eigenvalue weighted by Gasteiger charge is 2.37. The number of alkyl carbamates (subject to hydrolysis) is 2. The van der Waals surface area contributed by atoms with E-state index in [0.29, 0.717) is 6.54 Å². The van der Waals surface area contributed by atoms with Gasteiger partial charge in [0.15, 0.2) is 6.23 Å². The average Bonchev–Trinajstić information content (AvgIpc) is 2.66. The normalized spacial score (nSPS) is 21.8. The molecule has 0 radical (unpaired) electrons. The Morgan fingerprint density at radius 2 is 1.48 bits per heavy atom. The molecule has 0 spiro atoms. The maximum Gasteiger partial charge on any atom is 0.410 e. The lowest BCUT2D eigenvalue weighted by atomic mass is 9.96. The van der Waals surface area contributed by atoms with Crippen LogP contribution in [-0.4, -0.2) is 47.8 Å². The third kappa shape index (κ3) is 8.01. The van der Waals surface area contributed by atoms with Crippen molar-refractivity contribution < 1.29 is 19.1 Å². The first-order chi connectivity index (χ1) is 13.8. The first-order valence-corrected chi connectivity index (χ1v) is 11.3. The third-order valence-corrected chi connectivity index (χ3v) is 5.90. The summed E-state index contributed by atoms with van der Waals surface area (Å²) in [5, 5.41) is 5.86. The van der Waals surface area contributed by atoms with Crippen LogP contribution in [0.3, 0.4) is 0 Å². The maximum absolute atomic E-state index is 12.4. The summed E-state index contributed by atoms with van der Waals surface area (Å²) < 4.78 is 11.1. The van der Waals surface area contributed by atoms with Crippen LogP contribution in [0.4, 0.5) is 9.59 Å². The first kappa shape index (κ1) is 23.7. The molecule has 4 N–H and O–H groups in total. The van der Waals surface area contributed by atoms with Gasteiger partial charge in [-0.2, -0.15) is 0 Å². The Morgan fingerprint density at radius 3 is 1.97 bits per heavy atom. The molecule has 0 aromatic carbocycles. The number of nitrogens with one attached hydrogen (secondary N) is 2. The summed E-state index contributed by atoms with van der Waals surface area (Å²) in [6.07, 6.45) is 10.0. The Hall–Kier alpha value is -1.54. The molecular formula is C21H40N4O4. The quantitative estimate of drug-likeness (QED) is 0.524. The molecule has 2 fully saturated rings. The van der Waals surface area contributed by atoms with Crippen LogP contribution >= 0.6 is 0 Å². The molecule has 8 nitrogen and oxygen atoms in total. The van der Waals surface area contributed by atoms with Crippen LogP contribution in [0, 0.1) is 0 Å². The molecule has 2 atom stereocenters. The molecule has 168 valence electrons. The van der Waals surface area contributed by atoms with Crippen molar-refractivity contribution in [1.82, 2.24) is 15.5 Å². The Kier molecular flexibility index (Phi) is 9.49. The van der Waals surface area contributed by atoms with E-state index in [2.05, 4.69) is 10.6 Å². The lowest BCUT2D eigenvalue weighted by Gasteiger charge is -2.40. The highest BCUT2D eigenvalue weighted by molar-refractivity contribution is 5.68. The summed E-state index contributed by atoms with van der Waals surface area (Å²) in [7, 11) is 0. The number of hydrogen-bond acceptors (Lipinski definition) is 6. The van der Waals surface area contributed by atoms with Crippen LogP contribution in [0.5, 0.6) is 0 Å². The topological polar surface area (TPSA) is 106 Å². The molecule has 0 saturated heterocycles. The fourth-order valence-corrected chi connectivity index (χ4v) is 4.36. The summed E-state index contributed by atoms with van der Waals surface area (Å²) in [6, 6.07) is 0.312. The zero-order chi connectivity index (χ0) is 21.3. The summed E-state index contributed by atoms with van der Waals surface area (Å²) in [5.74, 6) is -1.39. The highest BCUT2D eigenvalue weighted by Crippen LogP contribution is 2.21. The molecule has 2 saturated carbocycles. The second-order valence-corrected chi connectivity index (χ2v) is 8.60. The van der Waals surface area contributed by atoms with Crippen molar-refractivity contribution in [2.24, 2.45) is 5.73 Å². The SMILES string of the molecule is CCCN(C(C)OC(=O)NC1CCCCC1)C(C)(N)OC(=O)NC1CCCCC1. The van der Waals surface area contributed by atoms with E-state index in [9.17, 15) is 9.59 Å². The molecule has 0 aliphatic heterocycles. The highest BCUT2D eigenvalue weighted by atomic mass is 16.6. The Balaban J connectivity index is 1.88. The van der Waals surface area contributed by atoms with E-state index in [1.165, 1.54) is 12.8 Å². The lowest BCUT2D eigenvalue weighted by Crippen LogP contribution is -2.62. The Labute approximate surface area is 175 Å². The van der Waals surface area contributed by atoms with Gasteiger partial charge in [-0.05, 0) is 39.0 Å². The van der Waals surface area contributed by atoms with Crippen LogP contribution in [-0.2, 0) is 9.47 Å². The van der Waals surface area contributed by atoms with Crippen molar-refractivity contribution >= 4 is 12.2 Å². The van der Waals surface area contributed by atoms with Gasteiger partial charge in [0.25, 0.3) is 0 Å². The lowest BCUT2D eigenvalue weighted by molar-refractivity contribution is -0.159. The molecule has 2 aliphatic rings. The standard InChI is InChI=1S/C21H40N4O4/c1-4-15-25(16(2)28-19(26)23-17-11-7-5-8-12-17)21(3,22)29-20(27)24-18-13-9-6-10-14-18/h16-18H,4-15,22H2,1-3H3,(H,23,26)(H,24,27). The number of ether oxygens (including phenoxy) is 2. The number of rotatable bonds is 8. The van der Waals surface area contributed by atoms with Crippen LogP contribution in [0.15, 0.2) is 0 Å². The van der Waals surface area contributed by atoms with Gasteiger partial charge in [0, 0.05) is 25.6 Å². The molecule has 0 aromatic rings. The minimum absolute atomic E-state index is 0.140. The van der Waals surface area contributed by atoms with Gasteiger partial charge in [-0.1, -0.05) is 45.4 Å². The molecule has 2 amide bonds. The summed E-state index contributed by atoms with van der Waals surface area (Å²) in [5.41, 5.74) is 6.35. The Morgan fingerprint density at radius 1 is 1.00 bits per heavy atom. The molecule has 2 rings (SSSR count). The zero-order valence-corrected chi connectivity index (χ0v) is 18.4. The second-order valence-electron chi connectivity index (χ2n) is 8.60. The van der Waals surface area contributed by atoms with E-state index in [4.69, 9.17) is 15.2 Å². The number of amides is 2. The summed E-state index contributed by atoms with van der Waals surface area (Å²) >= 11 is 0. The van der Waals surface area contributed by atoms with Crippen molar-refractivity contribution in [1.29, 1.82) is 0 Å². The minimum atomic E-state index is -1.39. The fraction of sp³-hybridized carbons (Fsp3) is 0.905. The number of nitrogens with zero attached hydrogens (tertiary/aromatic N) is 1. The number of nitrogens with two attached hydrogens (primary N) is 1. The van der Waals surface area contributed by atoms with Crippen molar-refractivity contribution in [3.05, 3.63) is 0 Å². The van der Waals surface area contributed by atoms with E-state index in [1.54, 1.807) is 18.7 Å². The molecule has 29 heavy (non-hydrogen) atoms. The molecular weight excluding hydrogens is 372 g/mol. The van der Waals surface area contributed by atoms with Crippen LogP contribution in [0.2, 0.25) is 0 Å². The molecule has 2 aliphatic carbocycles. The van der Waals surface area contributed by atoms with Gasteiger partial charge in [0.1, 0.15) is 0 Å². The van der Waals surface area contributed by atoms with Gasteiger partial charge in [0.05, 0.1) is 0 Å². The van der Waals surface area contributed by atoms with Gasteiger partial charge in [0.2, 0.25) is 5.85 Å². The van der Waals surface area contributed by atoms with Gasteiger partial charge in [-0.15, -0.1) is 0 Å². The molecule has 0 bridgehead atoms. The Bertz CT molecular complexity index is 517. The molecule has 2 unspecified atom stereocenters. The van der Waals surface area contributed by atoms with E-state index >= 15 is 0 Å². The predicted molar refractivity (Wildman–Crippen MR) is 112 cm³/mol. The summed E-state index contributed by atoms with van der Waals surface area (Å²) in [4.78, 5) is 26.4. The number of carbonyl (C=O) groups is 2. The van der Waals surface area contributed by atoms with Gasteiger partial charge >= 0.3 is 12.2 Å². The van der Waals surface area contributed by atoms with Gasteiger partial charge < -0.3 is 20.1 Å². The van der Waals surface area contributed by atoms with Crippen molar-refractivity contribution in [3.8, 4) is 0 Å². The number of hydrogen-bond donors (Lipinski definition) is 3. The van der Waals surface area contributed by atoms with Crippen LogP contribution in [0.1, 0.15) is 91.4 Å². The third-order valence-electron chi connectivity index (χ3n) is 5.90. The zero-order valence-electron chi connectivity index (χ0n) is 18.4. The van der Waals surface area contributed by atoms with E-state index < -0.39 is 24.3 Å². The molecule has 0 aromatic heterocycles. The van der Waals surface area contributed by atoms with Gasteiger partial charge in [-0.3, -0.25) is 5.73 Å². The van der Waals surface area contributed by atoms with Crippen molar-refractivity contribution in [2.45, 2.75) is 116 Å². The largest absolute Gasteiger partial charge is 0.430 e. The first-order valence-electron chi connectivity index (χ1n) is 11.3.